The number of carbonyl (C=O) groups excluding carboxylic acids is 1. The number of Topliss-reactive ketones (excluding diaryl/α,β-unsaturated/α-hetero) is 1. The van der Waals surface area contributed by atoms with Gasteiger partial charge in [0.05, 0.1) is 12.3 Å². The zero-order chi connectivity index (χ0) is 14.5. The number of rotatable bonds is 7. The second-order valence-electron chi connectivity index (χ2n) is 4.52. The van der Waals surface area contributed by atoms with E-state index in [1.165, 1.54) is 6.26 Å². The standard InChI is InChI=1S/C13H19NO3S2/c1-14(8-9-19(3,16)17)10-13(15)11-4-6-12(18-2)7-5-11/h4-7H,8-10H2,1-3H3. The van der Waals surface area contributed by atoms with Gasteiger partial charge in [0.25, 0.3) is 0 Å². The summed E-state index contributed by atoms with van der Waals surface area (Å²) >= 11 is 1.63. The lowest BCUT2D eigenvalue weighted by atomic mass is 10.1. The van der Waals surface area contributed by atoms with Crippen molar-refractivity contribution in [3.05, 3.63) is 29.8 Å². The minimum atomic E-state index is -2.98. The van der Waals surface area contributed by atoms with E-state index in [4.69, 9.17) is 0 Å². The van der Waals surface area contributed by atoms with E-state index < -0.39 is 9.84 Å². The Morgan fingerprint density at radius 1 is 1.26 bits per heavy atom. The van der Waals surface area contributed by atoms with Crippen LogP contribution in [0, 0.1) is 0 Å². The van der Waals surface area contributed by atoms with E-state index in [9.17, 15) is 13.2 Å². The number of sulfone groups is 1. The molecule has 0 fully saturated rings. The largest absolute Gasteiger partial charge is 0.298 e. The molecule has 4 nitrogen and oxygen atoms in total. The van der Waals surface area contributed by atoms with Gasteiger partial charge in [0.2, 0.25) is 0 Å². The van der Waals surface area contributed by atoms with Crippen molar-refractivity contribution in [2.45, 2.75) is 4.90 Å². The zero-order valence-electron chi connectivity index (χ0n) is 11.4. The second-order valence-corrected chi connectivity index (χ2v) is 7.66. The summed E-state index contributed by atoms with van der Waals surface area (Å²) in [4.78, 5) is 14.8. The Hall–Kier alpha value is -0.850. The second kappa shape index (κ2) is 7.07. The summed E-state index contributed by atoms with van der Waals surface area (Å²) in [6, 6.07) is 7.43. The molecule has 0 amide bonds. The predicted octanol–water partition coefficient (Wildman–Crippen LogP) is 1.57. The third kappa shape index (κ3) is 6.22. The van der Waals surface area contributed by atoms with Gasteiger partial charge in [-0.05, 0) is 25.4 Å². The van der Waals surface area contributed by atoms with Gasteiger partial charge in [-0.25, -0.2) is 8.42 Å². The lowest BCUT2D eigenvalue weighted by Gasteiger charge is -2.15. The average Bonchev–Trinajstić information content (AvgIpc) is 2.35. The highest BCUT2D eigenvalue weighted by Gasteiger charge is 2.11. The molecule has 106 valence electrons. The van der Waals surface area contributed by atoms with Gasteiger partial charge < -0.3 is 0 Å². The van der Waals surface area contributed by atoms with Gasteiger partial charge in [0.1, 0.15) is 9.84 Å². The van der Waals surface area contributed by atoms with Crippen LogP contribution in [0.4, 0.5) is 0 Å². The fourth-order valence-corrected chi connectivity index (χ4v) is 2.57. The molecule has 0 aliphatic rings. The number of hydrogen-bond donors (Lipinski definition) is 0. The monoisotopic (exact) mass is 301 g/mol. The lowest BCUT2D eigenvalue weighted by molar-refractivity contribution is 0.0949. The quantitative estimate of drug-likeness (QED) is 0.565. The Morgan fingerprint density at radius 3 is 2.32 bits per heavy atom. The molecule has 0 N–H and O–H groups in total. The van der Waals surface area contributed by atoms with Crippen LogP contribution in [0.1, 0.15) is 10.4 Å². The van der Waals surface area contributed by atoms with Crippen LogP contribution in [-0.2, 0) is 9.84 Å². The smallest absolute Gasteiger partial charge is 0.176 e. The van der Waals surface area contributed by atoms with E-state index >= 15 is 0 Å². The summed E-state index contributed by atoms with van der Waals surface area (Å²) in [5.41, 5.74) is 0.656. The molecule has 0 aliphatic carbocycles. The van der Waals surface area contributed by atoms with Crippen LogP contribution in [0.25, 0.3) is 0 Å². The molecular weight excluding hydrogens is 282 g/mol. The van der Waals surface area contributed by atoms with Gasteiger partial charge in [0, 0.05) is 23.3 Å². The maximum Gasteiger partial charge on any atom is 0.176 e. The van der Waals surface area contributed by atoms with Gasteiger partial charge in [0.15, 0.2) is 5.78 Å². The molecule has 0 bridgehead atoms. The fraction of sp³-hybridized carbons (Fsp3) is 0.462. The number of carbonyl (C=O) groups is 1. The fourth-order valence-electron chi connectivity index (χ4n) is 1.51. The highest BCUT2D eigenvalue weighted by Crippen LogP contribution is 2.15. The molecule has 0 saturated heterocycles. The molecule has 0 heterocycles. The molecule has 1 rings (SSSR count). The van der Waals surface area contributed by atoms with E-state index in [1.807, 2.05) is 18.4 Å². The molecule has 1 aromatic carbocycles. The van der Waals surface area contributed by atoms with Gasteiger partial charge in [-0.1, -0.05) is 12.1 Å². The van der Waals surface area contributed by atoms with E-state index in [2.05, 4.69) is 0 Å². The SMILES string of the molecule is CSc1ccc(C(=O)CN(C)CCS(C)(=O)=O)cc1. The van der Waals surface area contributed by atoms with Crippen LogP contribution in [0.3, 0.4) is 0 Å². The van der Waals surface area contributed by atoms with Gasteiger partial charge in [-0.2, -0.15) is 0 Å². The minimum absolute atomic E-state index is 0.00338. The van der Waals surface area contributed by atoms with Crippen molar-refractivity contribution in [2.75, 3.05) is 38.4 Å². The third-order valence-corrected chi connectivity index (χ3v) is 4.34. The number of ketones is 1. The Labute approximate surface area is 119 Å². The van der Waals surface area contributed by atoms with E-state index in [1.54, 1.807) is 35.8 Å². The molecule has 0 unspecified atom stereocenters. The lowest BCUT2D eigenvalue weighted by Crippen LogP contribution is -2.30. The van der Waals surface area contributed by atoms with Crippen molar-refractivity contribution >= 4 is 27.4 Å². The number of thioether (sulfide) groups is 1. The third-order valence-electron chi connectivity index (χ3n) is 2.67. The highest BCUT2D eigenvalue weighted by molar-refractivity contribution is 7.98. The minimum Gasteiger partial charge on any atom is -0.298 e. The summed E-state index contributed by atoms with van der Waals surface area (Å²) in [5, 5.41) is 0. The molecule has 0 spiro atoms. The molecule has 0 atom stereocenters. The average molecular weight is 301 g/mol. The van der Waals surface area contributed by atoms with Crippen LogP contribution in [0.2, 0.25) is 0 Å². The molecular formula is C13H19NO3S2. The first-order valence-corrected chi connectivity index (χ1v) is 9.14. The van der Waals surface area contributed by atoms with Crippen LogP contribution < -0.4 is 0 Å². The number of hydrogen-bond acceptors (Lipinski definition) is 5. The Balaban J connectivity index is 2.53. The number of nitrogens with zero attached hydrogens (tertiary/aromatic N) is 1. The first-order valence-electron chi connectivity index (χ1n) is 5.85. The van der Waals surface area contributed by atoms with Gasteiger partial charge in [-0.15, -0.1) is 11.8 Å². The van der Waals surface area contributed by atoms with Crippen LogP contribution in [-0.4, -0.2) is 57.5 Å². The van der Waals surface area contributed by atoms with Crippen molar-refractivity contribution in [3.8, 4) is 0 Å². The summed E-state index contributed by atoms with van der Waals surface area (Å²) < 4.78 is 22.1. The summed E-state index contributed by atoms with van der Waals surface area (Å²) in [6.45, 7) is 0.599. The van der Waals surface area contributed by atoms with Crippen LogP contribution in [0.15, 0.2) is 29.2 Å². The normalized spacial score (nSPS) is 11.8. The maximum atomic E-state index is 12.0. The topological polar surface area (TPSA) is 54.5 Å². The zero-order valence-corrected chi connectivity index (χ0v) is 13.1. The summed E-state index contributed by atoms with van der Waals surface area (Å²) in [6.07, 6.45) is 3.18. The molecule has 0 aliphatic heterocycles. The van der Waals surface area contributed by atoms with E-state index in [-0.39, 0.29) is 18.1 Å². The Kier molecular flexibility index (Phi) is 6.03. The van der Waals surface area contributed by atoms with E-state index in [0.29, 0.717) is 12.1 Å². The van der Waals surface area contributed by atoms with Crippen molar-refractivity contribution in [1.29, 1.82) is 0 Å². The molecule has 19 heavy (non-hydrogen) atoms. The number of likely N-dealkylation sites (N-methyl/N-ethyl adjacent to an activating group) is 1. The van der Waals surface area contributed by atoms with Gasteiger partial charge >= 0.3 is 0 Å². The van der Waals surface area contributed by atoms with E-state index in [0.717, 1.165) is 4.90 Å². The maximum absolute atomic E-state index is 12.0. The van der Waals surface area contributed by atoms with Crippen LogP contribution in [0.5, 0.6) is 0 Å². The number of benzene rings is 1. The molecule has 0 aromatic heterocycles. The van der Waals surface area contributed by atoms with Crippen LogP contribution >= 0.6 is 11.8 Å². The molecule has 0 saturated carbocycles. The van der Waals surface area contributed by atoms with Crippen molar-refractivity contribution in [2.24, 2.45) is 0 Å². The molecule has 0 radical (unpaired) electrons. The predicted molar refractivity (Wildman–Crippen MR) is 79.8 cm³/mol. The van der Waals surface area contributed by atoms with Gasteiger partial charge in [-0.3, -0.25) is 9.69 Å². The van der Waals surface area contributed by atoms with Crippen molar-refractivity contribution in [1.82, 2.24) is 4.90 Å². The molecule has 1 aromatic rings. The summed E-state index contributed by atoms with van der Waals surface area (Å²) in [7, 11) is -1.23. The highest BCUT2D eigenvalue weighted by atomic mass is 32.2. The van der Waals surface area contributed by atoms with Crippen molar-refractivity contribution < 1.29 is 13.2 Å². The first-order chi connectivity index (χ1) is 8.81. The summed E-state index contributed by atoms with van der Waals surface area (Å²) in [5.74, 6) is 0.0750. The Morgan fingerprint density at radius 2 is 1.84 bits per heavy atom. The first kappa shape index (κ1) is 16.2. The Bertz CT molecular complexity index is 523. The van der Waals surface area contributed by atoms with Crippen molar-refractivity contribution in [3.63, 3.8) is 0 Å². The molecule has 6 heteroatoms.